The van der Waals surface area contributed by atoms with Gasteiger partial charge in [0.1, 0.15) is 5.82 Å². The molecular weight excluding hydrogens is 270 g/mol. The number of halogens is 3. The second kappa shape index (κ2) is 4.68. The lowest BCUT2D eigenvalue weighted by molar-refractivity contribution is 0.191. The van der Waals surface area contributed by atoms with Crippen LogP contribution in [0, 0.1) is 23.1 Å². The summed E-state index contributed by atoms with van der Waals surface area (Å²) >= 11 is 12.0. The van der Waals surface area contributed by atoms with Crippen molar-refractivity contribution in [3.8, 4) is 0 Å². The Morgan fingerprint density at radius 3 is 2.72 bits per heavy atom. The van der Waals surface area contributed by atoms with E-state index in [4.69, 9.17) is 23.2 Å². The number of alkyl halides is 1. The minimum Gasteiger partial charge on any atom is -0.207 e. The van der Waals surface area contributed by atoms with Crippen LogP contribution in [0.4, 0.5) is 4.39 Å². The van der Waals surface area contributed by atoms with E-state index in [-0.39, 0.29) is 11.2 Å². The molecule has 2 bridgehead atoms. The molecule has 0 heterocycles. The van der Waals surface area contributed by atoms with Gasteiger partial charge in [-0.1, -0.05) is 24.1 Å². The van der Waals surface area contributed by atoms with Crippen LogP contribution >= 0.6 is 23.2 Å². The smallest absolute Gasteiger partial charge is 0.127 e. The number of fused-ring (bicyclic) bond motifs is 2. The lowest BCUT2D eigenvalue weighted by Crippen LogP contribution is -2.32. The summed E-state index contributed by atoms with van der Waals surface area (Å²) in [6, 6.07) is 5.00. The molecule has 2 aliphatic carbocycles. The van der Waals surface area contributed by atoms with E-state index in [2.05, 4.69) is 0 Å². The third-order valence-electron chi connectivity index (χ3n) is 4.93. The van der Waals surface area contributed by atoms with Gasteiger partial charge in [-0.05, 0) is 60.6 Å². The van der Waals surface area contributed by atoms with Gasteiger partial charge in [-0.3, -0.25) is 0 Å². The van der Waals surface area contributed by atoms with Crippen molar-refractivity contribution in [2.24, 2.45) is 17.3 Å². The highest BCUT2D eigenvalue weighted by Gasteiger charge is 2.50. The van der Waals surface area contributed by atoms with Crippen molar-refractivity contribution in [3.05, 3.63) is 34.6 Å². The van der Waals surface area contributed by atoms with Crippen molar-refractivity contribution < 1.29 is 4.39 Å². The summed E-state index contributed by atoms with van der Waals surface area (Å²) in [7, 11) is 0. The summed E-state index contributed by atoms with van der Waals surface area (Å²) in [6.45, 7) is 0. The summed E-state index contributed by atoms with van der Waals surface area (Å²) < 4.78 is 13.9. The van der Waals surface area contributed by atoms with Crippen LogP contribution in [0.25, 0.3) is 0 Å². The molecule has 0 radical (unpaired) electrons. The van der Waals surface area contributed by atoms with E-state index < -0.39 is 0 Å². The third-order valence-corrected chi connectivity index (χ3v) is 5.69. The molecule has 1 aromatic rings. The number of hydrogen-bond acceptors (Lipinski definition) is 0. The van der Waals surface area contributed by atoms with Gasteiger partial charge >= 0.3 is 0 Å². The zero-order valence-corrected chi connectivity index (χ0v) is 11.8. The van der Waals surface area contributed by atoms with Gasteiger partial charge in [0.25, 0.3) is 0 Å². The Hall–Kier alpha value is -0.270. The largest absolute Gasteiger partial charge is 0.207 e. The van der Waals surface area contributed by atoms with Gasteiger partial charge in [0.05, 0.1) is 0 Å². The second-order valence-electron chi connectivity index (χ2n) is 5.99. The van der Waals surface area contributed by atoms with Gasteiger partial charge < -0.3 is 0 Å². The maximum Gasteiger partial charge on any atom is 0.127 e. The molecule has 0 saturated heterocycles. The standard InChI is InChI=1S/C15H17Cl2F/c16-9-15(7-10-1-3-12(15)5-10)8-11-2-4-13(17)6-14(11)18/h2,4,6,10,12H,1,3,5,7-9H2. The molecule has 0 N–H and O–H groups in total. The Morgan fingerprint density at radius 2 is 2.17 bits per heavy atom. The van der Waals surface area contributed by atoms with Crippen LogP contribution in [0.2, 0.25) is 5.02 Å². The molecule has 0 spiro atoms. The number of hydrogen-bond donors (Lipinski definition) is 0. The summed E-state index contributed by atoms with van der Waals surface area (Å²) in [5, 5.41) is 0.462. The second-order valence-corrected chi connectivity index (χ2v) is 6.69. The van der Waals surface area contributed by atoms with Gasteiger partial charge in [-0.25, -0.2) is 4.39 Å². The maximum atomic E-state index is 13.9. The van der Waals surface area contributed by atoms with Crippen molar-refractivity contribution in [2.75, 3.05) is 5.88 Å². The molecule has 0 aliphatic heterocycles. The molecule has 0 aromatic heterocycles. The Balaban J connectivity index is 1.86. The van der Waals surface area contributed by atoms with Crippen molar-refractivity contribution in [2.45, 2.75) is 32.1 Å². The summed E-state index contributed by atoms with van der Waals surface area (Å²) in [5.74, 6) is 1.98. The van der Waals surface area contributed by atoms with Gasteiger partial charge in [0.2, 0.25) is 0 Å². The molecule has 3 unspecified atom stereocenters. The molecule has 2 aliphatic rings. The van der Waals surface area contributed by atoms with E-state index in [1.165, 1.54) is 31.7 Å². The van der Waals surface area contributed by atoms with Crippen LogP contribution in [0.3, 0.4) is 0 Å². The first-order valence-corrected chi connectivity index (χ1v) is 7.54. The molecule has 3 heteroatoms. The van der Waals surface area contributed by atoms with E-state index in [0.717, 1.165) is 17.9 Å². The van der Waals surface area contributed by atoms with Crippen LogP contribution < -0.4 is 0 Å². The van der Waals surface area contributed by atoms with Crippen molar-refractivity contribution in [1.29, 1.82) is 0 Å². The van der Waals surface area contributed by atoms with Gasteiger partial charge in [-0.15, -0.1) is 11.6 Å². The average Bonchev–Trinajstić information content (AvgIpc) is 2.93. The normalized spacial score (nSPS) is 34.2. The first kappa shape index (κ1) is 12.7. The molecule has 18 heavy (non-hydrogen) atoms. The van der Waals surface area contributed by atoms with Crippen LogP contribution in [0.5, 0.6) is 0 Å². The molecule has 0 amide bonds. The first-order chi connectivity index (χ1) is 8.63. The highest BCUT2D eigenvalue weighted by atomic mass is 35.5. The minimum atomic E-state index is -0.185. The van der Waals surface area contributed by atoms with Crippen molar-refractivity contribution in [1.82, 2.24) is 0 Å². The Bertz CT molecular complexity index is 460. The van der Waals surface area contributed by atoms with Gasteiger partial charge in [0, 0.05) is 10.9 Å². The fourth-order valence-electron chi connectivity index (χ4n) is 4.03. The summed E-state index contributed by atoms with van der Waals surface area (Å²) in [4.78, 5) is 0. The van der Waals surface area contributed by atoms with E-state index in [9.17, 15) is 4.39 Å². The molecule has 2 saturated carbocycles. The fraction of sp³-hybridized carbons (Fsp3) is 0.600. The van der Waals surface area contributed by atoms with Crippen LogP contribution in [-0.2, 0) is 6.42 Å². The molecule has 0 nitrogen and oxygen atoms in total. The Morgan fingerprint density at radius 1 is 1.33 bits per heavy atom. The summed E-state index contributed by atoms with van der Waals surface area (Å²) in [6.07, 6.45) is 5.84. The third kappa shape index (κ3) is 2.06. The zero-order chi connectivity index (χ0) is 12.8. The van der Waals surface area contributed by atoms with E-state index in [1.807, 2.05) is 6.07 Å². The molecule has 1 aromatic carbocycles. The predicted octanol–water partition coefficient (Wildman–Crippen LogP) is 5.07. The highest BCUT2D eigenvalue weighted by molar-refractivity contribution is 6.30. The molecular formula is C15H17Cl2F. The number of rotatable bonds is 3. The molecule has 3 rings (SSSR count). The highest BCUT2D eigenvalue weighted by Crippen LogP contribution is 2.57. The molecule has 98 valence electrons. The maximum absolute atomic E-state index is 13.9. The van der Waals surface area contributed by atoms with Crippen molar-refractivity contribution >= 4 is 23.2 Å². The topological polar surface area (TPSA) is 0 Å². The van der Waals surface area contributed by atoms with Crippen LogP contribution in [-0.4, -0.2) is 5.88 Å². The summed E-state index contributed by atoms with van der Waals surface area (Å²) in [5.41, 5.74) is 0.895. The fourth-order valence-corrected chi connectivity index (χ4v) is 4.61. The number of benzene rings is 1. The lowest BCUT2D eigenvalue weighted by Gasteiger charge is -2.36. The van der Waals surface area contributed by atoms with E-state index >= 15 is 0 Å². The van der Waals surface area contributed by atoms with Crippen LogP contribution in [0.15, 0.2) is 18.2 Å². The Kier molecular flexibility index (Phi) is 3.32. The monoisotopic (exact) mass is 286 g/mol. The zero-order valence-electron chi connectivity index (χ0n) is 10.3. The lowest BCUT2D eigenvalue weighted by atomic mass is 9.71. The predicted molar refractivity (Wildman–Crippen MR) is 73.7 cm³/mol. The molecule has 3 atom stereocenters. The molecule has 2 fully saturated rings. The van der Waals surface area contributed by atoms with Gasteiger partial charge in [0.15, 0.2) is 0 Å². The quantitative estimate of drug-likeness (QED) is 0.681. The minimum absolute atomic E-state index is 0.124. The van der Waals surface area contributed by atoms with E-state index in [1.54, 1.807) is 6.07 Å². The van der Waals surface area contributed by atoms with E-state index in [0.29, 0.717) is 16.8 Å². The first-order valence-electron chi connectivity index (χ1n) is 6.63. The van der Waals surface area contributed by atoms with Crippen molar-refractivity contribution in [3.63, 3.8) is 0 Å². The van der Waals surface area contributed by atoms with Gasteiger partial charge in [-0.2, -0.15) is 0 Å². The average molecular weight is 287 g/mol. The Labute approximate surface area is 117 Å². The SMILES string of the molecule is Fc1cc(Cl)ccc1CC1(CCl)CC2CCC1C2. The van der Waals surface area contributed by atoms with Crippen LogP contribution in [0.1, 0.15) is 31.2 Å².